The summed E-state index contributed by atoms with van der Waals surface area (Å²) in [6.45, 7) is 0. The molecule has 3 N–H and O–H groups in total. The van der Waals surface area contributed by atoms with Crippen LogP contribution in [0.1, 0.15) is 44.5 Å². The van der Waals surface area contributed by atoms with Crippen LogP contribution in [0.3, 0.4) is 0 Å². The summed E-state index contributed by atoms with van der Waals surface area (Å²) in [6.07, 6.45) is 2.32. The summed E-state index contributed by atoms with van der Waals surface area (Å²) < 4.78 is 5.31. The van der Waals surface area contributed by atoms with Crippen LogP contribution in [0.15, 0.2) is 33.7 Å². The van der Waals surface area contributed by atoms with E-state index in [1.165, 1.54) is 6.07 Å². The summed E-state index contributed by atoms with van der Waals surface area (Å²) in [5.74, 6) is -0.356. The van der Waals surface area contributed by atoms with E-state index in [0.717, 1.165) is 0 Å². The van der Waals surface area contributed by atoms with Crippen molar-refractivity contribution in [3.8, 4) is 0 Å². The minimum atomic E-state index is -0.838. The molecule has 1 aliphatic carbocycles. The van der Waals surface area contributed by atoms with E-state index in [2.05, 4.69) is 4.98 Å². The number of ketones is 1. The number of amides is 1. The molecule has 1 atom stereocenters. The number of nitrogens with one attached hydrogen (secondary N) is 1. The van der Waals surface area contributed by atoms with Crippen molar-refractivity contribution in [2.75, 3.05) is 0 Å². The molecule has 6 heteroatoms. The largest absolute Gasteiger partial charge is 0.469 e. The zero-order valence-electron chi connectivity index (χ0n) is 10.5. The maximum atomic E-state index is 12.2. The van der Waals surface area contributed by atoms with Crippen molar-refractivity contribution in [3.05, 3.63) is 57.4 Å². The first-order chi connectivity index (χ1) is 9.56. The second-order valence-corrected chi connectivity index (χ2v) is 4.81. The third kappa shape index (κ3) is 1.95. The highest BCUT2D eigenvalue weighted by Gasteiger charge is 2.29. The molecule has 0 saturated heterocycles. The van der Waals surface area contributed by atoms with Crippen LogP contribution in [0.2, 0.25) is 0 Å². The molecule has 6 nitrogen and oxygen atoms in total. The molecule has 1 amide bonds. The van der Waals surface area contributed by atoms with Crippen molar-refractivity contribution in [2.24, 2.45) is 5.73 Å². The SMILES string of the molecule is NC(=O)c1cc2c([nH]c1=O)CC(c1ccco1)CC2=O. The quantitative estimate of drug-likeness (QED) is 0.849. The highest BCUT2D eigenvalue weighted by Crippen LogP contribution is 2.31. The molecule has 0 bridgehead atoms. The average Bonchev–Trinajstić information content (AvgIpc) is 2.91. The van der Waals surface area contributed by atoms with Crippen LogP contribution in [-0.2, 0) is 6.42 Å². The van der Waals surface area contributed by atoms with Gasteiger partial charge < -0.3 is 15.1 Å². The Balaban J connectivity index is 2.05. The third-order valence-electron chi connectivity index (χ3n) is 3.52. The van der Waals surface area contributed by atoms with Gasteiger partial charge >= 0.3 is 0 Å². The van der Waals surface area contributed by atoms with E-state index in [9.17, 15) is 14.4 Å². The smallest absolute Gasteiger partial charge is 0.261 e. The molecule has 0 fully saturated rings. The number of Topliss-reactive ketones (excluding diaryl/α,β-unsaturated/α-hetero) is 1. The van der Waals surface area contributed by atoms with E-state index < -0.39 is 11.5 Å². The molecule has 2 aromatic heterocycles. The maximum absolute atomic E-state index is 12.2. The molecule has 3 rings (SSSR count). The molecular weight excluding hydrogens is 260 g/mol. The van der Waals surface area contributed by atoms with E-state index in [0.29, 0.717) is 23.4 Å². The average molecular weight is 272 g/mol. The van der Waals surface area contributed by atoms with Crippen molar-refractivity contribution in [1.29, 1.82) is 0 Å². The normalized spacial score (nSPS) is 17.8. The third-order valence-corrected chi connectivity index (χ3v) is 3.52. The van der Waals surface area contributed by atoms with Crippen molar-refractivity contribution in [1.82, 2.24) is 4.98 Å². The number of pyridine rings is 1. The van der Waals surface area contributed by atoms with Gasteiger partial charge in [-0.05, 0) is 24.6 Å². The molecule has 2 heterocycles. The fourth-order valence-electron chi connectivity index (χ4n) is 2.54. The van der Waals surface area contributed by atoms with Crippen molar-refractivity contribution in [2.45, 2.75) is 18.8 Å². The number of carbonyl (C=O) groups is 2. The molecule has 0 radical (unpaired) electrons. The Kier molecular flexibility index (Phi) is 2.78. The van der Waals surface area contributed by atoms with Crippen LogP contribution in [0.25, 0.3) is 0 Å². The second kappa shape index (κ2) is 4.48. The Labute approximate surface area is 113 Å². The van der Waals surface area contributed by atoms with Gasteiger partial charge in [-0.3, -0.25) is 14.4 Å². The minimum Gasteiger partial charge on any atom is -0.469 e. The number of rotatable bonds is 2. The van der Waals surface area contributed by atoms with Crippen molar-refractivity contribution < 1.29 is 14.0 Å². The predicted molar refractivity (Wildman–Crippen MR) is 69.7 cm³/mol. The van der Waals surface area contributed by atoms with E-state index in [4.69, 9.17) is 10.2 Å². The van der Waals surface area contributed by atoms with Crippen LogP contribution in [0.5, 0.6) is 0 Å². The fourth-order valence-corrected chi connectivity index (χ4v) is 2.54. The number of fused-ring (bicyclic) bond motifs is 1. The van der Waals surface area contributed by atoms with Gasteiger partial charge in [-0.25, -0.2) is 0 Å². The number of furan rings is 1. The van der Waals surface area contributed by atoms with Crippen LogP contribution in [-0.4, -0.2) is 16.7 Å². The molecule has 20 heavy (non-hydrogen) atoms. The zero-order valence-corrected chi connectivity index (χ0v) is 10.5. The minimum absolute atomic E-state index is 0.0971. The summed E-state index contributed by atoms with van der Waals surface area (Å²) >= 11 is 0. The van der Waals surface area contributed by atoms with Crippen LogP contribution < -0.4 is 11.3 Å². The first kappa shape index (κ1) is 12.4. The van der Waals surface area contributed by atoms with Gasteiger partial charge in [0.15, 0.2) is 5.78 Å². The molecule has 1 unspecified atom stereocenters. The van der Waals surface area contributed by atoms with Crippen molar-refractivity contribution in [3.63, 3.8) is 0 Å². The topological polar surface area (TPSA) is 106 Å². The number of hydrogen-bond acceptors (Lipinski definition) is 4. The van der Waals surface area contributed by atoms with Gasteiger partial charge in [-0.15, -0.1) is 0 Å². The fraction of sp³-hybridized carbons (Fsp3) is 0.214. The maximum Gasteiger partial charge on any atom is 0.261 e. The molecule has 0 aromatic carbocycles. The second-order valence-electron chi connectivity index (χ2n) is 4.81. The van der Waals surface area contributed by atoms with Crippen molar-refractivity contribution >= 4 is 11.7 Å². The lowest BCUT2D eigenvalue weighted by Gasteiger charge is -2.21. The number of H-pyrrole nitrogens is 1. The number of nitrogens with two attached hydrogens (primary N) is 1. The molecule has 0 saturated carbocycles. The lowest BCUT2D eigenvalue weighted by molar-refractivity contribution is 0.0959. The van der Waals surface area contributed by atoms with Crippen LogP contribution >= 0.6 is 0 Å². The van der Waals surface area contributed by atoms with Gasteiger partial charge in [-0.2, -0.15) is 0 Å². The standard InChI is InChI=1S/C14H12N2O4/c15-13(18)9-6-8-10(16-14(9)19)4-7(5-11(8)17)12-2-1-3-20-12/h1-3,6-7H,4-5H2,(H2,15,18)(H,16,19). The highest BCUT2D eigenvalue weighted by molar-refractivity contribution is 6.01. The number of carbonyl (C=O) groups excluding carboxylic acids is 2. The number of primary amides is 1. The van der Waals surface area contributed by atoms with Gasteiger partial charge in [0.2, 0.25) is 0 Å². The molecule has 2 aromatic rings. The van der Waals surface area contributed by atoms with E-state index in [-0.39, 0.29) is 23.7 Å². The van der Waals surface area contributed by atoms with Gasteiger partial charge in [0.1, 0.15) is 11.3 Å². The summed E-state index contributed by atoms with van der Waals surface area (Å²) in [6, 6.07) is 4.85. The first-order valence-corrected chi connectivity index (χ1v) is 6.19. The highest BCUT2D eigenvalue weighted by atomic mass is 16.3. The number of hydrogen-bond donors (Lipinski definition) is 2. The van der Waals surface area contributed by atoms with E-state index in [1.54, 1.807) is 18.4 Å². The number of aromatic amines is 1. The summed E-state index contributed by atoms with van der Waals surface area (Å²) in [4.78, 5) is 37.6. The van der Waals surface area contributed by atoms with Gasteiger partial charge in [0.25, 0.3) is 11.5 Å². The van der Waals surface area contributed by atoms with E-state index >= 15 is 0 Å². The van der Waals surface area contributed by atoms with Gasteiger partial charge in [-0.1, -0.05) is 0 Å². The van der Waals surface area contributed by atoms with E-state index in [1.807, 2.05) is 0 Å². The Morgan fingerprint density at radius 2 is 2.15 bits per heavy atom. The van der Waals surface area contributed by atoms with Gasteiger partial charge in [0, 0.05) is 23.6 Å². The first-order valence-electron chi connectivity index (χ1n) is 6.19. The Morgan fingerprint density at radius 3 is 2.80 bits per heavy atom. The monoisotopic (exact) mass is 272 g/mol. The molecule has 0 spiro atoms. The van der Waals surface area contributed by atoms with Gasteiger partial charge in [0.05, 0.1) is 6.26 Å². The Hall–Kier alpha value is -2.63. The summed E-state index contributed by atoms with van der Waals surface area (Å²) in [5.41, 5.74) is 5.25. The Morgan fingerprint density at radius 1 is 1.35 bits per heavy atom. The van der Waals surface area contributed by atoms with Crippen LogP contribution in [0, 0.1) is 0 Å². The summed E-state index contributed by atoms with van der Waals surface area (Å²) in [5, 5.41) is 0. The number of aromatic nitrogens is 1. The molecule has 1 aliphatic rings. The zero-order chi connectivity index (χ0) is 14.3. The Bertz CT molecular complexity index is 743. The lowest BCUT2D eigenvalue weighted by atomic mass is 9.84. The predicted octanol–water partition coefficient (Wildman–Crippen LogP) is 0.979. The summed E-state index contributed by atoms with van der Waals surface area (Å²) in [7, 11) is 0. The molecular formula is C14H12N2O4. The van der Waals surface area contributed by atoms with Crippen LogP contribution in [0.4, 0.5) is 0 Å². The molecule has 102 valence electrons. The lowest BCUT2D eigenvalue weighted by Crippen LogP contribution is -2.29. The molecule has 0 aliphatic heterocycles.